The minimum atomic E-state index is -0.777. The van der Waals surface area contributed by atoms with Crippen LogP contribution in [0.5, 0.6) is 0 Å². The highest BCUT2D eigenvalue weighted by atomic mass is 16.6. The van der Waals surface area contributed by atoms with Crippen molar-refractivity contribution < 1.29 is 28.6 Å². The molecule has 0 fully saturated rings. The maximum absolute atomic E-state index is 12.9. The molecule has 78 heavy (non-hydrogen) atoms. The van der Waals surface area contributed by atoms with Crippen LogP contribution in [0.2, 0.25) is 0 Å². The number of ether oxygens (including phenoxy) is 3. The van der Waals surface area contributed by atoms with Crippen molar-refractivity contribution in [1.82, 2.24) is 0 Å². The molecule has 0 aliphatic rings. The third-order valence-corrected chi connectivity index (χ3v) is 15.8. The van der Waals surface area contributed by atoms with Crippen molar-refractivity contribution in [3.8, 4) is 0 Å². The Kier molecular flexibility index (Phi) is 65.1. The summed E-state index contributed by atoms with van der Waals surface area (Å²) in [6.07, 6.45) is 83.4. The Morgan fingerprint density at radius 2 is 0.423 bits per heavy atom. The first-order valence-corrected chi connectivity index (χ1v) is 35.0. The van der Waals surface area contributed by atoms with Gasteiger partial charge in [0, 0.05) is 19.3 Å². The summed E-state index contributed by atoms with van der Waals surface area (Å²) < 4.78 is 16.9. The van der Waals surface area contributed by atoms with Gasteiger partial charge < -0.3 is 14.2 Å². The van der Waals surface area contributed by atoms with Crippen molar-refractivity contribution in [3.05, 3.63) is 36.5 Å². The molecule has 1 atom stereocenters. The number of carbonyl (C=O) groups is 3. The molecule has 0 bridgehead atoms. The van der Waals surface area contributed by atoms with Crippen LogP contribution in [-0.4, -0.2) is 37.2 Å². The molecule has 0 aliphatic heterocycles. The highest BCUT2D eigenvalue weighted by Crippen LogP contribution is 2.18. The topological polar surface area (TPSA) is 78.9 Å². The SMILES string of the molecule is CCCCCC/C=C\CCCCCCCC(=O)OCC(COC(=O)CCCCCCCCCCCCCCCCCCCCCCC/C=C\CCCCCCCCCC)OC(=O)CCCCCCC/C=C\CCCCCCC. The fourth-order valence-corrected chi connectivity index (χ4v) is 10.5. The van der Waals surface area contributed by atoms with Crippen molar-refractivity contribution in [2.45, 2.75) is 393 Å². The Bertz CT molecular complexity index is 1300. The maximum Gasteiger partial charge on any atom is 0.306 e. The van der Waals surface area contributed by atoms with E-state index < -0.39 is 6.10 Å². The number of allylic oxidation sites excluding steroid dienone is 6. The van der Waals surface area contributed by atoms with Gasteiger partial charge >= 0.3 is 17.9 Å². The number of hydrogen-bond donors (Lipinski definition) is 0. The number of rotatable bonds is 65. The number of esters is 3. The predicted octanol–water partition coefficient (Wildman–Crippen LogP) is 23.9. The lowest BCUT2D eigenvalue weighted by Gasteiger charge is -2.18. The molecule has 0 saturated heterocycles. The van der Waals surface area contributed by atoms with Crippen molar-refractivity contribution >= 4 is 17.9 Å². The molecule has 6 nitrogen and oxygen atoms in total. The number of carbonyl (C=O) groups excluding carboxylic acids is 3. The molecule has 1 unspecified atom stereocenters. The first-order chi connectivity index (χ1) is 38.5. The van der Waals surface area contributed by atoms with E-state index in [0.717, 1.165) is 70.6 Å². The monoisotopic (exact) mass is 1100 g/mol. The van der Waals surface area contributed by atoms with Gasteiger partial charge in [-0.05, 0) is 96.3 Å². The van der Waals surface area contributed by atoms with Crippen LogP contribution in [0.3, 0.4) is 0 Å². The minimum Gasteiger partial charge on any atom is -0.462 e. The summed E-state index contributed by atoms with van der Waals surface area (Å²) in [5.74, 6) is -0.869. The molecule has 0 aromatic heterocycles. The van der Waals surface area contributed by atoms with Crippen LogP contribution in [0.1, 0.15) is 387 Å². The lowest BCUT2D eigenvalue weighted by Crippen LogP contribution is -2.30. The second-order valence-electron chi connectivity index (χ2n) is 23.8. The van der Waals surface area contributed by atoms with Crippen LogP contribution in [-0.2, 0) is 28.6 Å². The van der Waals surface area contributed by atoms with Gasteiger partial charge in [-0.1, -0.05) is 308 Å². The van der Waals surface area contributed by atoms with Crippen LogP contribution in [0, 0.1) is 0 Å². The molecule has 0 spiro atoms. The number of hydrogen-bond acceptors (Lipinski definition) is 6. The quantitative estimate of drug-likeness (QED) is 0.0261. The molecule has 0 radical (unpaired) electrons. The second kappa shape index (κ2) is 67.1. The number of unbranched alkanes of at least 4 members (excludes halogenated alkanes) is 48. The summed E-state index contributed by atoms with van der Waals surface area (Å²) >= 11 is 0. The summed E-state index contributed by atoms with van der Waals surface area (Å²) in [5.41, 5.74) is 0. The zero-order valence-corrected chi connectivity index (χ0v) is 52.7. The van der Waals surface area contributed by atoms with Gasteiger partial charge in [0.1, 0.15) is 13.2 Å². The van der Waals surface area contributed by atoms with Gasteiger partial charge in [0.25, 0.3) is 0 Å². The van der Waals surface area contributed by atoms with Gasteiger partial charge in [0.15, 0.2) is 6.10 Å². The van der Waals surface area contributed by atoms with Gasteiger partial charge in [-0.15, -0.1) is 0 Å². The molecule has 0 aliphatic carbocycles. The molecule has 0 rings (SSSR count). The molecule has 0 N–H and O–H groups in total. The van der Waals surface area contributed by atoms with Crippen molar-refractivity contribution in [2.75, 3.05) is 13.2 Å². The Balaban J connectivity index is 4.07. The Morgan fingerprint density at radius 3 is 0.654 bits per heavy atom. The zero-order chi connectivity index (χ0) is 56.4. The van der Waals surface area contributed by atoms with Gasteiger partial charge in [0.05, 0.1) is 0 Å². The fraction of sp³-hybridized carbons (Fsp3) is 0.875. The molecule has 0 amide bonds. The molecule has 0 aromatic carbocycles. The molecule has 0 heterocycles. The van der Waals surface area contributed by atoms with E-state index in [0.29, 0.717) is 19.3 Å². The Labute approximate surface area is 486 Å². The van der Waals surface area contributed by atoms with Crippen molar-refractivity contribution in [3.63, 3.8) is 0 Å². The van der Waals surface area contributed by atoms with Crippen LogP contribution < -0.4 is 0 Å². The smallest absolute Gasteiger partial charge is 0.306 e. The minimum absolute atomic E-state index is 0.0738. The molecular formula is C72H134O6. The van der Waals surface area contributed by atoms with Gasteiger partial charge in [-0.25, -0.2) is 0 Å². The normalized spacial score (nSPS) is 12.2. The van der Waals surface area contributed by atoms with E-state index in [2.05, 4.69) is 57.2 Å². The van der Waals surface area contributed by atoms with E-state index in [4.69, 9.17) is 14.2 Å². The first-order valence-electron chi connectivity index (χ1n) is 35.0. The first kappa shape index (κ1) is 75.6. The van der Waals surface area contributed by atoms with Gasteiger partial charge in [0.2, 0.25) is 0 Å². The van der Waals surface area contributed by atoms with Gasteiger partial charge in [-0.3, -0.25) is 14.4 Å². The Hall–Kier alpha value is -2.37. The van der Waals surface area contributed by atoms with E-state index in [1.807, 2.05) is 0 Å². The van der Waals surface area contributed by atoms with Crippen LogP contribution in [0.15, 0.2) is 36.5 Å². The van der Waals surface area contributed by atoms with Crippen LogP contribution in [0.4, 0.5) is 0 Å². The maximum atomic E-state index is 12.9. The van der Waals surface area contributed by atoms with Crippen molar-refractivity contribution in [2.24, 2.45) is 0 Å². The molecule has 0 aromatic rings. The highest BCUT2D eigenvalue weighted by molar-refractivity contribution is 5.71. The van der Waals surface area contributed by atoms with E-state index >= 15 is 0 Å². The third-order valence-electron chi connectivity index (χ3n) is 15.8. The lowest BCUT2D eigenvalue weighted by atomic mass is 10.0. The molecule has 6 heteroatoms. The Morgan fingerprint density at radius 1 is 0.244 bits per heavy atom. The summed E-state index contributed by atoms with van der Waals surface area (Å²) in [5, 5.41) is 0. The zero-order valence-electron chi connectivity index (χ0n) is 52.7. The molecule has 458 valence electrons. The van der Waals surface area contributed by atoms with Crippen LogP contribution >= 0.6 is 0 Å². The highest BCUT2D eigenvalue weighted by Gasteiger charge is 2.19. The summed E-state index contributed by atoms with van der Waals surface area (Å²) in [4.78, 5) is 38.3. The standard InChI is InChI=1S/C72H134O6/c1-4-7-10-13-16-19-22-25-27-28-29-30-31-32-33-34-35-36-37-38-39-40-41-42-43-44-45-48-50-53-56-59-62-65-71(74)77-68-69(67-76-70(73)64-61-58-55-52-49-46-24-21-18-15-12-9-6-3)78-72(75)66-63-60-57-54-51-47-26-23-20-17-14-11-8-5-2/h21,23-24,26,28-29,69H,4-20,22,25,27,30-68H2,1-3H3/b24-21-,26-23-,29-28-. The lowest BCUT2D eigenvalue weighted by molar-refractivity contribution is -0.167. The third kappa shape index (κ3) is 64.5. The van der Waals surface area contributed by atoms with E-state index in [1.54, 1.807) is 0 Å². The van der Waals surface area contributed by atoms with Crippen LogP contribution in [0.25, 0.3) is 0 Å². The summed E-state index contributed by atoms with van der Waals surface area (Å²) in [6.45, 7) is 6.66. The molecular weight excluding hydrogens is 961 g/mol. The van der Waals surface area contributed by atoms with Crippen molar-refractivity contribution in [1.29, 1.82) is 0 Å². The average molecular weight is 1100 g/mol. The van der Waals surface area contributed by atoms with E-state index in [-0.39, 0.29) is 31.1 Å². The van der Waals surface area contributed by atoms with E-state index in [1.165, 1.54) is 276 Å². The van der Waals surface area contributed by atoms with E-state index in [9.17, 15) is 14.4 Å². The summed E-state index contributed by atoms with van der Waals surface area (Å²) in [7, 11) is 0. The fourth-order valence-electron chi connectivity index (χ4n) is 10.5. The second-order valence-corrected chi connectivity index (χ2v) is 23.8. The largest absolute Gasteiger partial charge is 0.462 e. The summed E-state index contributed by atoms with van der Waals surface area (Å²) in [6, 6.07) is 0. The molecule has 0 saturated carbocycles. The predicted molar refractivity (Wildman–Crippen MR) is 339 cm³/mol. The van der Waals surface area contributed by atoms with Gasteiger partial charge in [-0.2, -0.15) is 0 Å². The average Bonchev–Trinajstić information content (AvgIpc) is 3.44.